The normalized spacial score (nSPS) is 14.1. The van der Waals surface area contributed by atoms with Crippen LogP contribution in [0.5, 0.6) is 5.75 Å². The standard InChI is InChI=1S/C18H16Cl2FN3O4/c1-28-17-10-15(16(24(26)27)9-14(17)21)22-4-6-23(7-5-22)18(25)12-3-2-11(19)8-13(12)20/h2-3,8-10H,4-7H2,1H3. The van der Waals surface area contributed by atoms with Gasteiger partial charge in [-0.3, -0.25) is 14.9 Å². The van der Waals surface area contributed by atoms with E-state index in [0.29, 0.717) is 36.8 Å². The van der Waals surface area contributed by atoms with Gasteiger partial charge in [0.05, 0.1) is 28.7 Å². The molecule has 1 fully saturated rings. The highest BCUT2D eigenvalue weighted by molar-refractivity contribution is 6.36. The minimum atomic E-state index is -0.802. The van der Waals surface area contributed by atoms with Crippen LogP contribution in [0.25, 0.3) is 0 Å². The first-order valence-corrected chi connectivity index (χ1v) is 9.08. The summed E-state index contributed by atoms with van der Waals surface area (Å²) in [6.07, 6.45) is 0. The fourth-order valence-electron chi connectivity index (χ4n) is 3.07. The summed E-state index contributed by atoms with van der Waals surface area (Å²) in [5, 5.41) is 12.0. The third kappa shape index (κ3) is 3.98. The molecule has 0 saturated carbocycles. The van der Waals surface area contributed by atoms with Gasteiger partial charge in [-0.05, 0) is 18.2 Å². The molecule has 1 aliphatic heterocycles. The topological polar surface area (TPSA) is 75.9 Å². The number of carbonyl (C=O) groups excluding carboxylic acids is 1. The molecule has 0 radical (unpaired) electrons. The number of amides is 1. The van der Waals surface area contributed by atoms with E-state index in [1.807, 2.05) is 0 Å². The predicted molar refractivity (Wildman–Crippen MR) is 104 cm³/mol. The lowest BCUT2D eigenvalue weighted by molar-refractivity contribution is -0.384. The number of carbonyl (C=O) groups is 1. The third-order valence-electron chi connectivity index (χ3n) is 4.51. The monoisotopic (exact) mass is 427 g/mol. The van der Waals surface area contributed by atoms with Crippen LogP contribution in [0.3, 0.4) is 0 Å². The lowest BCUT2D eigenvalue weighted by Crippen LogP contribution is -2.49. The van der Waals surface area contributed by atoms with E-state index < -0.39 is 10.7 Å². The summed E-state index contributed by atoms with van der Waals surface area (Å²) in [5.74, 6) is -1.12. The zero-order chi connectivity index (χ0) is 20.4. The van der Waals surface area contributed by atoms with E-state index in [-0.39, 0.29) is 28.1 Å². The molecule has 0 spiro atoms. The number of hydrogen-bond donors (Lipinski definition) is 0. The first-order valence-electron chi connectivity index (χ1n) is 8.33. The van der Waals surface area contributed by atoms with Crippen molar-refractivity contribution in [1.29, 1.82) is 0 Å². The van der Waals surface area contributed by atoms with E-state index in [1.165, 1.54) is 19.2 Å². The molecule has 0 aliphatic carbocycles. The Kier molecular flexibility index (Phi) is 5.90. The molecule has 0 aromatic heterocycles. The van der Waals surface area contributed by atoms with Gasteiger partial charge in [-0.15, -0.1) is 0 Å². The van der Waals surface area contributed by atoms with Crippen LogP contribution in [0.2, 0.25) is 10.0 Å². The van der Waals surface area contributed by atoms with Crippen LogP contribution in [-0.2, 0) is 0 Å². The van der Waals surface area contributed by atoms with Gasteiger partial charge in [0.2, 0.25) is 0 Å². The molecule has 1 amide bonds. The Balaban J connectivity index is 1.78. The molecule has 1 saturated heterocycles. The maximum Gasteiger partial charge on any atom is 0.295 e. The average Bonchev–Trinajstić information content (AvgIpc) is 2.67. The summed E-state index contributed by atoms with van der Waals surface area (Å²) in [4.78, 5) is 26.7. The van der Waals surface area contributed by atoms with Crippen molar-refractivity contribution in [3.8, 4) is 5.75 Å². The van der Waals surface area contributed by atoms with Crippen molar-refractivity contribution in [3.05, 3.63) is 61.9 Å². The summed E-state index contributed by atoms with van der Waals surface area (Å²) in [6.45, 7) is 1.34. The average molecular weight is 428 g/mol. The molecular weight excluding hydrogens is 412 g/mol. The molecule has 7 nitrogen and oxygen atoms in total. The quantitative estimate of drug-likeness (QED) is 0.544. The summed E-state index contributed by atoms with van der Waals surface area (Å²) < 4.78 is 18.8. The summed E-state index contributed by atoms with van der Waals surface area (Å²) in [6, 6.07) is 6.81. The van der Waals surface area contributed by atoms with Crippen LogP contribution in [0.1, 0.15) is 10.4 Å². The minimum Gasteiger partial charge on any atom is -0.494 e. The van der Waals surface area contributed by atoms with Crippen molar-refractivity contribution in [2.75, 3.05) is 38.2 Å². The molecular formula is C18H16Cl2FN3O4. The number of nitro benzene ring substituents is 1. The van der Waals surface area contributed by atoms with Gasteiger partial charge in [0.25, 0.3) is 11.6 Å². The van der Waals surface area contributed by atoms with E-state index in [4.69, 9.17) is 27.9 Å². The van der Waals surface area contributed by atoms with Crippen molar-refractivity contribution in [2.45, 2.75) is 0 Å². The zero-order valence-electron chi connectivity index (χ0n) is 14.8. The molecule has 1 heterocycles. The summed E-state index contributed by atoms with van der Waals surface area (Å²) in [5.41, 5.74) is 0.243. The number of halogens is 3. The smallest absolute Gasteiger partial charge is 0.295 e. The minimum absolute atomic E-state index is 0.0768. The number of benzene rings is 2. The molecule has 2 aromatic rings. The first kappa shape index (κ1) is 20.2. The Labute approximate surface area is 170 Å². The second-order valence-corrected chi connectivity index (χ2v) is 6.98. The number of hydrogen-bond acceptors (Lipinski definition) is 5. The number of nitro groups is 1. The number of nitrogens with zero attached hydrogens (tertiary/aromatic N) is 3. The van der Waals surface area contributed by atoms with Crippen LogP contribution >= 0.6 is 23.2 Å². The maximum atomic E-state index is 13.9. The fourth-order valence-corrected chi connectivity index (χ4v) is 3.56. The predicted octanol–water partition coefficient (Wildman–Crippen LogP) is 4.01. The molecule has 0 unspecified atom stereocenters. The SMILES string of the molecule is COc1cc(N2CCN(C(=O)c3ccc(Cl)cc3Cl)CC2)c([N+](=O)[O-])cc1F. The van der Waals surface area contributed by atoms with Crippen molar-refractivity contribution < 1.29 is 18.8 Å². The van der Waals surface area contributed by atoms with Crippen LogP contribution in [-0.4, -0.2) is 49.0 Å². The summed E-state index contributed by atoms with van der Waals surface area (Å²) in [7, 11) is 1.29. The Bertz CT molecular complexity index is 933. The van der Waals surface area contributed by atoms with Gasteiger partial charge in [-0.25, -0.2) is 4.39 Å². The zero-order valence-corrected chi connectivity index (χ0v) is 16.3. The third-order valence-corrected chi connectivity index (χ3v) is 5.06. The number of anilines is 1. The van der Waals surface area contributed by atoms with Gasteiger partial charge >= 0.3 is 0 Å². The van der Waals surface area contributed by atoms with Crippen molar-refractivity contribution in [3.63, 3.8) is 0 Å². The molecule has 0 bridgehead atoms. The van der Waals surface area contributed by atoms with Gasteiger partial charge in [-0.1, -0.05) is 23.2 Å². The van der Waals surface area contributed by atoms with Gasteiger partial charge in [0.15, 0.2) is 11.6 Å². The van der Waals surface area contributed by atoms with Gasteiger partial charge in [0.1, 0.15) is 5.69 Å². The highest BCUT2D eigenvalue weighted by atomic mass is 35.5. The Morgan fingerprint density at radius 1 is 1.18 bits per heavy atom. The molecule has 1 aliphatic rings. The largest absolute Gasteiger partial charge is 0.494 e. The van der Waals surface area contributed by atoms with Crippen molar-refractivity contribution >= 4 is 40.5 Å². The second kappa shape index (κ2) is 8.20. The van der Waals surface area contributed by atoms with Crippen LogP contribution < -0.4 is 9.64 Å². The highest BCUT2D eigenvalue weighted by Crippen LogP contribution is 2.35. The number of methoxy groups -OCH3 is 1. The first-order chi connectivity index (χ1) is 13.3. The van der Waals surface area contributed by atoms with Gasteiger partial charge < -0.3 is 14.5 Å². The van der Waals surface area contributed by atoms with Crippen molar-refractivity contribution in [2.24, 2.45) is 0 Å². The van der Waals surface area contributed by atoms with Crippen LogP contribution in [0.4, 0.5) is 15.8 Å². The Morgan fingerprint density at radius 3 is 2.43 bits per heavy atom. The van der Waals surface area contributed by atoms with Crippen molar-refractivity contribution in [1.82, 2.24) is 4.90 Å². The summed E-state index contributed by atoms with van der Waals surface area (Å²) >= 11 is 12.0. The number of ether oxygens (including phenoxy) is 1. The lowest BCUT2D eigenvalue weighted by atomic mass is 10.1. The van der Waals surface area contributed by atoms with E-state index in [0.717, 1.165) is 6.07 Å². The highest BCUT2D eigenvalue weighted by Gasteiger charge is 2.28. The Morgan fingerprint density at radius 2 is 1.86 bits per heavy atom. The van der Waals surface area contributed by atoms with E-state index in [2.05, 4.69) is 0 Å². The molecule has 10 heteroatoms. The lowest BCUT2D eigenvalue weighted by Gasteiger charge is -2.36. The molecule has 0 N–H and O–H groups in total. The van der Waals surface area contributed by atoms with Gasteiger partial charge in [-0.2, -0.15) is 0 Å². The number of piperazine rings is 1. The molecule has 0 atom stereocenters. The van der Waals surface area contributed by atoms with Crippen LogP contribution in [0.15, 0.2) is 30.3 Å². The molecule has 3 rings (SSSR count). The van der Waals surface area contributed by atoms with Gasteiger partial charge in [0, 0.05) is 37.3 Å². The fraction of sp³-hybridized carbons (Fsp3) is 0.278. The van der Waals surface area contributed by atoms with E-state index in [9.17, 15) is 19.3 Å². The Hall–Kier alpha value is -2.58. The molecule has 148 valence electrons. The van der Waals surface area contributed by atoms with E-state index >= 15 is 0 Å². The van der Waals surface area contributed by atoms with E-state index in [1.54, 1.807) is 21.9 Å². The molecule has 28 heavy (non-hydrogen) atoms. The number of rotatable bonds is 4. The second-order valence-electron chi connectivity index (χ2n) is 6.14. The maximum absolute atomic E-state index is 13.9. The molecule has 2 aromatic carbocycles. The van der Waals surface area contributed by atoms with Crippen LogP contribution in [0, 0.1) is 15.9 Å².